The van der Waals surface area contributed by atoms with Crippen LogP contribution in [0.1, 0.15) is 35.6 Å². The van der Waals surface area contributed by atoms with Gasteiger partial charge in [-0.2, -0.15) is 0 Å². The lowest BCUT2D eigenvalue weighted by Crippen LogP contribution is -2.35. The molecule has 0 spiro atoms. The third-order valence-electron chi connectivity index (χ3n) is 6.49. The Kier molecular flexibility index (Phi) is 5.42. The Morgan fingerprint density at radius 3 is 2.76 bits per heavy atom. The first-order valence-electron chi connectivity index (χ1n) is 10.5. The van der Waals surface area contributed by atoms with Crippen LogP contribution in [0.4, 0.5) is 23.2 Å². The van der Waals surface area contributed by atoms with Gasteiger partial charge in [-0.1, -0.05) is 0 Å². The number of rotatable bonds is 4. The van der Waals surface area contributed by atoms with E-state index in [4.69, 9.17) is 10.5 Å². The third kappa shape index (κ3) is 3.51. The molecule has 3 aromatic rings. The van der Waals surface area contributed by atoms with Gasteiger partial charge in [0.1, 0.15) is 35.5 Å². The lowest BCUT2D eigenvalue weighted by Gasteiger charge is -2.26. The van der Waals surface area contributed by atoms with Crippen molar-refractivity contribution >= 4 is 16.7 Å². The Morgan fingerprint density at radius 1 is 1.21 bits per heavy atom. The van der Waals surface area contributed by atoms with Gasteiger partial charge >= 0.3 is 0 Å². The molecule has 33 heavy (non-hydrogen) atoms. The molecule has 1 fully saturated rings. The monoisotopic (exact) mass is 466 g/mol. The second-order valence-electron chi connectivity index (χ2n) is 8.39. The molecule has 0 saturated heterocycles. The maximum Gasteiger partial charge on any atom is 0.266 e. The van der Waals surface area contributed by atoms with E-state index in [0.717, 1.165) is 12.3 Å². The summed E-state index contributed by atoms with van der Waals surface area (Å²) >= 11 is 0. The third-order valence-corrected chi connectivity index (χ3v) is 6.49. The molecule has 2 aliphatic rings. The van der Waals surface area contributed by atoms with Gasteiger partial charge in [0.05, 0.1) is 17.0 Å². The molecule has 1 saturated carbocycles. The van der Waals surface area contributed by atoms with E-state index in [1.165, 1.54) is 16.8 Å². The van der Waals surface area contributed by atoms with Crippen molar-refractivity contribution < 1.29 is 32.5 Å². The molecular weight excluding hydrogens is 444 g/mol. The van der Waals surface area contributed by atoms with Crippen molar-refractivity contribution in [2.24, 2.45) is 0 Å². The van der Waals surface area contributed by atoms with Crippen LogP contribution in [0, 0.1) is 11.6 Å². The number of alkyl halides is 2. The topological polar surface area (TPSA) is 106 Å². The minimum Gasteiger partial charge on any atom is -0.487 e. The number of nitrogens with zero attached hydrogens (tertiary/aromatic N) is 2. The average Bonchev–Trinajstić information content (AvgIpc) is 3.27. The van der Waals surface area contributed by atoms with Crippen molar-refractivity contribution in [2.75, 3.05) is 12.3 Å². The number of aliphatic hydroxyl groups is 2. The Balaban J connectivity index is 1.49. The molecule has 1 aliphatic carbocycles. The quantitative estimate of drug-likeness (QED) is 0.441. The van der Waals surface area contributed by atoms with Gasteiger partial charge in [-0.05, 0) is 30.7 Å². The van der Waals surface area contributed by atoms with Crippen molar-refractivity contribution in [3.05, 3.63) is 52.9 Å². The predicted octanol–water partition coefficient (Wildman–Crippen LogP) is 2.59. The van der Waals surface area contributed by atoms with Crippen molar-refractivity contribution in [2.45, 2.75) is 50.2 Å². The molecule has 5 N–H and O–H groups in total. The SMILES string of the molecule is Nc1ccnc2c1c(F)cn2[C@@H]1C[C@H](Oc2cc(C(F)F)c(F)c3c2CNCC3)[C@@H](O)[C@H]1O. The van der Waals surface area contributed by atoms with Gasteiger partial charge in [-0.3, -0.25) is 0 Å². The van der Waals surface area contributed by atoms with Crippen LogP contribution < -0.4 is 15.8 Å². The molecule has 176 valence electrons. The minimum atomic E-state index is -3.04. The van der Waals surface area contributed by atoms with Crippen LogP contribution >= 0.6 is 0 Å². The molecule has 0 radical (unpaired) electrons. The maximum atomic E-state index is 14.6. The molecule has 3 heterocycles. The zero-order valence-corrected chi connectivity index (χ0v) is 17.3. The van der Waals surface area contributed by atoms with Crippen LogP contribution in [-0.4, -0.2) is 44.6 Å². The number of anilines is 1. The average molecular weight is 466 g/mol. The van der Waals surface area contributed by atoms with Crippen molar-refractivity contribution in [3.63, 3.8) is 0 Å². The highest BCUT2D eigenvalue weighted by Gasteiger charge is 2.45. The van der Waals surface area contributed by atoms with E-state index in [-0.39, 0.29) is 47.4 Å². The van der Waals surface area contributed by atoms with Crippen molar-refractivity contribution in [1.29, 1.82) is 0 Å². The van der Waals surface area contributed by atoms with Gasteiger partial charge in [0.25, 0.3) is 6.43 Å². The molecule has 1 aromatic carbocycles. The van der Waals surface area contributed by atoms with E-state index >= 15 is 0 Å². The van der Waals surface area contributed by atoms with Crippen LogP contribution in [0.2, 0.25) is 0 Å². The lowest BCUT2D eigenvalue weighted by atomic mass is 9.96. The van der Waals surface area contributed by atoms with E-state index in [1.54, 1.807) is 0 Å². The van der Waals surface area contributed by atoms with E-state index in [0.29, 0.717) is 12.1 Å². The summed E-state index contributed by atoms with van der Waals surface area (Å²) in [5.41, 5.74) is 6.02. The number of fused-ring (bicyclic) bond motifs is 2. The van der Waals surface area contributed by atoms with Crippen molar-refractivity contribution in [1.82, 2.24) is 14.9 Å². The molecule has 11 heteroatoms. The number of nitrogen functional groups attached to an aromatic ring is 1. The standard InChI is InChI=1S/C22H22F4N4O3/c23-12-8-30(22-17(12)13(27)2-4-29-22)14-6-16(20(32)19(14)31)33-15-5-10(21(25)26)18(24)9-1-3-28-7-11(9)15/h2,4-5,8,14,16,19-21,28,31-32H,1,3,6-7H2,(H2,27,29)/t14-,16+,19+,20-/m1/s1. The summed E-state index contributed by atoms with van der Waals surface area (Å²) in [6, 6.07) is 1.59. The predicted molar refractivity (Wildman–Crippen MR) is 111 cm³/mol. The Bertz CT molecular complexity index is 1220. The number of halogens is 4. The molecule has 7 nitrogen and oxygen atoms in total. The second-order valence-corrected chi connectivity index (χ2v) is 8.39. The normalized spacial score (nSPS) is 25.1. The Labute approximate surface area is 185 Å². The molecule has 2 aromatic heterocycles. The summed E-state index contributed by atoms with van der Waals surface area (Å²) in [6.07, 6.45) is -3.98. The van der Waals surface area contributed by atoms with E-state index in [9.17, 15) is 27.8 Å². The summed E-state index contributed by atoms with van der Waals surface area (Å²) in [5.74, 6) is -1.55. The smallest absolute Gasteiger partial charge is 0.266 e. The van der Waals surface area contributed by atoms with Crippen molar-refractivity contribution in [3.8, 4) is 5.75 Å². The van der Waals surface area contributed by atoms with Gasteiger partial charge in [0.15, 0.2) is 5.82 Å². The summed E-state index contributed by atoms with van der Waals surface area (Å²) < 4.78 is 63.3. The fourth-order valence-electron chi connectivity index (χ4n) is 4.82. The minimum absolute atomic E-state index is 0.0247. The van der Waals surface area contributed by atoms with E-state index in [2.05, 4.69) is 10.3 Å². The number of hydrogen-bond donors (Lipinski definition) is 4. The Morgan fingerprint density at radius 2 is 2.00 bits per heavy atom. The number of hydrogen-bond acceptors (Lipinski definition) is 6. The first-order chi connectivity index (χ1) is 15.8. The van der Waals surface area contributed by atoms with Gasteiger partial charge in [-0.25, -0.2) is 22.5 Å². The van der Waals surface area contributed by atoms with Crippen LogP contribution in [0.5, 0.6) is 5.75 Å². The number of nitrogens with one attached hydrogen (secondary N) is 1. The molecule has 1 aliphatic heterocycles. The highest BCUT2D eigenvalue weighted by atomic mass is 19.3. The van der Waals surface area contributed by atoms with Gasteiger partial charge in [-0.15, -0.1) is 0 Å². The van der Waals surface area contributed by atoms with Crippen LogP contribution in [0.3, 0.4) is 0 Å². The first-order valence-corrected chi connectivity index (χ1v) is 10.5. The maximum absolute atomic E-state index is 14.6. The highest BCUT2D eigenvalue weighted by molar-refractivity contribution is 5.89. The number of pyridine rings is 1. The summed E-state index contributed by atoms with van der Waals surface area (Å²) in [4.78, 5) is 4.15. The zero-order valence-electron chi connectivity index (χ0n) is 17.3. The molecule has 5 rings (SSSR count). The number of ether oxygens (including phenoxy) is 1. The van der Waals surface area contributed by atoms with Crippen LogP contribution in [-0.2, 0) is 13.0 Å². The number of aromatic nitrogens is 2. The largest absolute Gasteiger partial charge is 0.487 e. The van der Waals surface area contributed by atoms with Gasteiger partial charge in [0, 0.05) is 36.6 Å². The first kappa shape index (κ1) is 21.9. The zero-order chi connectivity index (χ0) is 23.4. The van der Waals surface area contributed by atoms with E-state index in [1.807, 2.05) is 0 Å². The molecule has 0 bridgehead atoms. The molecular formula is C22H22F4N4O3. The molecule has 4 atom stereocenters. The van der Waals surface area contributed by atoms with Gasteiger partial charge in [0.2, 0.25) is 0 Å². The summed E-state index contributed by atoms with van der Waals surface area (Å²) in [5, 5.41) is 24.5. The fourth-order valence-corrected chi connectivity index (χ4v) is 4.82. The second kappa shape index (κ2) is 8.15. The van der Waals surface area contributed by atoms with Crippen LogP contribution in [0.15, 0.2) is 24.5 Å². The number of aliphatic hydroxyl groups excluding tert-OH is 2. The summed E-state index contributed by atoms with van der Waals surface area (Å²) in [7, 11) is 0. The fraction of sp³-hybridized carbons (Fsp3) is 0.409. The van der Waals surface area contributed by atoms with Gasteiger partial charge < -0.3 is 30.6 Å². The molecule has 0 unspecified atom stereocenters. The van der Waals surface area contributed by atoms with Crippen LogP contribution in [0.25, 0.3) is 11.0 Å². The highest BCUT2D eigenvalue weighted by Crippen LogP contribution is 2.40. The summed E-state index contributed by atoms with van der Waals surface area (Å²) in [6.45, 7) is 0.655. The molecule has 0 amide bonds. The lowest BCUT2D eigenvalue weighted by molar-refractivity contribution is -0.0168. The number of nitrogens with two attached hydrogens (primary N) is 1. The Hall–Kier alpha value is -2.89. The number of benzene rings is 1. The van der Waals surface area contributed by atoms with E-state index < -0.39 is 48.0 Å².